The van der Waals surface area contributed by atoms with Gasteiger partial charge < -0.3 is 5.32 Å². The van der Waals surface area contributed by atoms with Crippen LogP contribution in [0.4, 0.5) is 5.13 Å². The fraction of sp³-hybridized carbons (Fsp3) is 0.385. The third-order valence-corrected chi connectivity index (χ3v) is 4.18. The molecule has 1 N–H and O–H groups in total. The highest BCUT2D eigenvalue weighted by Gasteiger charge is 2.18. The summed E-state index contributed by atoms with van der Waals surface area (Å²) in [6.45, 7) is 5.98. The third kappa shape index (κ3) is 2.82. The Morgan fingerprint density at radius 2 is 2.11 bits per heavy atom. The zero-order chi connectivity index (χ0) is 13.3. The van der Waals surface area contributed by atoms with Gasteiger partial charge in [-0.15, -0.1) is 0 Å². The molecule has 1 aromatic carbocycles. The van der Waals surface area contributed by atoms with Crippen LogP contribution in [0.2, 0.25) is 5.02 Å². The summed E-state index contributed by atoms with van der Waals surface area (Å²) >= 11 is 7.36. The fourth-order valence-electron chi connectivity index (χ4n) is 1.48. The van der Waals surface area contributed by atoms with Crippen LogP contribution in [0.1, 0.15) is 20.8 Å². The first-order chi connectivity index (χ1) is 8.47. The molecular formula is C13H15ClN2OS. The van der Waals surface area contributed by atoms with E-state index in [0.717, 1.165) is 10.2 Å². The van der Waals surface area contributed by atoms with E-state index in [2.05, 4.69) is 10.3 Å². The van der Waals surface area contributed by atoms with Gasteiger partial charge in [-0.1, -0.05) is 43.7 Å². The second kappa shape index (κ2) is 5.24. The highest BCUT2D eigenvalue weighted by molar-refractivity contribution is 7.22. The van der Waals surface area contributed by atoms with Crippen LogP contribution in [0, 0.1) is 11.8 Å². The van der Waals surface area contributed by atoms with Crippen LogP contribution in [0.5, 0.6) is 0 Å². The Balaban J connectivity index is 2.20. The minimum Gasteiger partial charge on any atom is -0.302 e. The maximum atomic E-state index is 11.9. The summed E-state index contributed by atoms with van der Waals surface area (Å²) in [5.41, 5.74) is 0.819. The number of carbonyl (C=O) groups excluding carboxylic acids is 1. The van der Waals surface area contributed by atoms with E-state index in [-0.39, 0.29) is 11.8 Å². The first-order valence-corrected chi connectivity index (χ1v) is 7.04. The number of nitrogens with one attached hydrogen (secondary N) is 1. The Bertz CT molecular complexity index is 579. The van der Waals surface area contributed by atoms with E-state index in [1.54, 1.807) is 6.07 Å². The van der Waals surface area contributed by atoms with Crippen LogP contribution >= 0.6 is 22.9 Å². The minimum atomic E-state index is -0.0272. The lowest BCUT2D eigenvalue weighted by Gasteiger charge is -2.13. The zero-order valence-electron chi connectivity index (χ0n) is 10.5. The molecule has 2 aromatic rings. The van der Waals surface area contributed by atoms with Crippen molar-refractivity contribution in [1.82, 2.24) is 4.98 Å². The molecule has 1 atom stereocenters. The van der Waals surface area contributed by atoms with Crippen LogP contribution in [0.25, 0.3) is 10.2 Å². The van der Waals surface area contributed by atoms with Crippen molar-refractivity contribution in [2.24, 2.45) is 11.8 Å². The van der Waals surface area contributed by atoms with Crippen molar-refractivity contribution in [2.75, 3.05) is 5.32 Å². The predicted molar refractivity (Wildman–Crippen MR) is 77.3 cm³/mol. The molecule has 2 rings (SSSR count). The molecule has 0 spiro atoms. The van der Waals surface area contributed by atoms with Crippen molar-refractivity contribution >= 4 is 44.2 Å². The quantitative estimate of drug-likeness (QED) is 0.917. The molecule has 0 aliphatic carbocycles. The van der Waals surface area contributed by atoms with Gasteiger partial charge in [-0.2, -0.15) is 0 Å². The van der Waals surface area contributed by atoms with Crippen LogP contribution in [-0.2, 0) is 4.79 Å². The number of aromatic nitrogens is 1. The summed E-state index contributed by atoms with van der Waals surface area (Å²) in [4.78, 5) is 16.3. The van der Waals surface area contributed by atoms with E-state index < -0.39 is 0 Å². The summed E-state index contributed by atoms with van der Waals surface area (Å²) in [6, 6.07) is 5.54. The van der Waals surface area contributed by atoms with Gasteiger partial charge in [0.1, 0.15) is 0 Å². The number of anilines is 1. The molecule has 0 aliphatic rings. The average molecular weight is 283 g/mol. The summed E-state index contributed by atoms with van der Waals surface area (Å²) in [5.74, 6) is 0.296. The highest BCUT2D eigenvalue weighted by Crippen LogP contribution is 2.28. The van der Waals surface area contributed by atoms with Crippen LogP contribution in [-0.4, -0.2) is 10.9 Å². The molecular weight excluding hydrogens is 268 g/mol. The molecule has 0 radical (unpaired) electrons. The van der Waals surface area contributed by atoms with Crippen molar-refractivity contribution in [3.8, 4) is 0 Å². The smallest absolute Gasteiger partial charge is 0.229 e. The van der Waals surface area contributed by atoms with Crippen LogP contribution in [0.3, 0.4) is 0 Å². The predicted octanol–water partition coefficient (Wildman–Crippen LogP) is 4.18. The van der Waals surface area contributed by atoms with E-state index in [0.29, 0.717) is 16.1 Å². The van der Waals surface area contributed by atoms with Gasteiger partial charge >= 0.3 is 0 Å². The number of nitrogens with zero attached hydrogens (tertiary/aromatic N) is 1. The molecule has 0 saturated carbocycles. The molecule has 0 saturated heterocycles. The Hall–Kier alpha value is -1.13. The molecule has 0 aliphatic heterocycles. The summed E-state index contributed by atoms with van der Waals surface area (Å²) in [5, 5.41) is 4.14. The first-order valence-electron chi connectivity index (χ1n) is 5.84. The lowest BCUT2D eigenvalue weighted by Crippen LogP contribution is -2.24. The van der Waals surface area contributed by atoms with Gasteiger partial charge in [0.25, 0.3) is 0 Å². The largest absolute Gasteiger partial charge is 0.302 e. The zero-order valence-corrected chi connectivity index (χ0v) is 12.1. The van der Waals surface area contributed by atoms with Gasteiger partial charge in [-0.3, -0.25) is 4.79 Å². The normalized spacial score (nSPS) is 12.9. The molecule has 18 heavy (non-hydrogen) atoms. The monoisotopic (exact) mass is 282 g/mol. The highest BCUT2D eigenvalue weighted by atomic mass is 35.5. The van der Waals surface area contributed by atoms with Crippen molar-refractivity contribution in [3.63, 3.8) is 0 Å². The Labute approximate surface area is 115 Å². The molecule has 1 aromatic heterocycles. The SMILES string of the molecule is CC(C)C(C)C(=O)Nc1nc2cc(Cl)ccc2s1. The van der Waals surface area contributed by atoms with E-state index >= 15 is 0 Å². The summed E-state index contributed by atoms with van der Waals surface area (Å²) < 4.78 is 1.02. The number of carbonyl (C=O) groups is 1. The van der Waals surface area contributed by atoms with Gasteiger partial charge in [0.05, 0.1) is 10.2 Å². The Kier molecular flexibility index (Phi) is 3.88. The van der Waals surface area contributed by atoms with E-state index in [9.17, 15) is 4.79 Å². The maximum Gasteiger partial charge on any atom is 0.229 e. The van der Waals surface area contributed by atoms with Gasteiger partial charge in [-0.25, -0.2) is 4.98 Å². The second-order valence-electron chi connectivity index (χ2n) is 4.65. The maximum absolute atomic E-state index is 11.9. The Morgan fingerprint density at radius 1 is 1.39 bits per heavy atom. The lowest BCUT2D eigenvalue weighted by atomic mass is 9.97. The number of fused-ring (bicyclic) bond motifs is 1. The minimum absolute atomic E-state index is 0.00940. The molecule has 96 valence electrons. The average Bonchev–Trinajstić information content (AvgIpc) is 2.68. The van der Waals surface area contributed by atoms with Crippen LogP contribution < -0.4 is 5.32 Å². The Morgan fingerprint density at radius 3 is 2.78 bits per heavy atom. The number of amides is 1. The van der Waals surface area contributed by atoms with E-state index in [4.69, 9.17) is 11.6 Å². The number of hydrogen-bond donors (Lipinski definition) is 1. The lowest BCUT2D eigenvalue weighted by molar-refractivity contribution is -0.120. The van der Waals surface area contributed by atoms with Gasteiger partial charge in [-0.05, 0) is 24.1 Å². The molecule has 5 heteroatoms. The molecule has 1 unspecified atom stereocenters. The molecule has 1 amide bonds. The van der Waals surface area contributed by atoms with E-state index in [1.165, 1.54) is 11.3 Å². The third-order valence-electron chi connectivity index (χ3n) is 2.99. The van der Waals surface area contributed by atoms with Crippen LogP contribution in [0.15, 0.2) is 18.2 Å². The van der Waals surface area contributed by atoms with Gasteiger partial charge in [0.2, 0.25) is 5.91 Å². The summed E-state index contributed by atoms with van der Waals surface area (Å²) in [6.07, 6.45) is 0. The number of benzene rings is 1. The standard InChI is InChI=1S/C13H15ClN2OS/c1-7(2)8(3)12(17)16-13-15-10-6-9(14)4-5-11(10)18-13/h4-8H,1-3H3,(H,15,16,17). The van der Waals surface area contributed by atoms with Gasteiger partial charge in [0.15, 0.2) is 5.13 Å². The van der Waals surface area contributed by atoms with E-state index in [1.807, 2.05) is 32.9 Å². The molecule has 3 nitrogen and oxygen atoms in total. The van der Waals surface area contributed by atoms with Crippen molar-refractivity contribution < 1.29 is 4.79 Å². The van der Waals surface area contributed by atoms with Crippen molar-refractivity contribution in [1.29, 1.82) is 0 Å². The number of rotatable bonds is 3. The molecule has 1 heterocycles. The van der Waals surface area contributed by atoms with Crippen molar-refractivity contribution in [3.05, 3.63) is 23.2 Å². The topological polar surface area (TPSA) is 42.0 Å². The number of halogens is 1. The number of hydrogen-bond acceptors (Lipinski definition) is 3. The fourth-order valence-corrected chi connectivity index (χ4v) is 2.49. The summed E-state index contributed by atoms with van der Waals surface area (Å²) in [7, 11) is 0. The molecule has 0 fully saturated rings. The van der Waals surface area contributed by atoms with Crippen molar-refractivity contribution in [2.45, 2.75) is 20.8 Å². The van der Waals surface area contributed by atoms with Gasteiger partial charge in [0, 0.05) is 10.9 Å². The number of thiazole rings is 1. The molecule has 0 bridgehead atoms. The first kappa shape index (κ1) is 13.3. The second-order valence-corrected chi connectivity index (χ2v) is 6.12.